The first-order valence-corrected chi connectivity index (χ1v) is 9.43. The summed E-state index contributed by atoms with van der Waals surface area (Å²) < 4.78 is 7.15. The maximum absolute atomic E-state index is 11.7. The molecule has 0 atom stereocenters. The number of aromatic nitrogens is 2. The molecular weight excluding hydrogens is 324 g/mol. The number of H-pyrrole nitrogens is 1. The summed E-state index contributed by atoms with van der Waals surface area (Å²) >= 11 is 0. The Hall–Kier alpha value is -1.03. The smallest absolute Gasteiger partial charge is 0.308 e. The number of rotatable bonds is 14. The number of ether oxygens (including phenoxy) is 1. The Labute approximate surface area is 153 Å². The van der Waals surface area contributed by atoms with Gasteiger partial charge in [-0.3, -0.25) is 4.79 Å². The molecule has 0 aliphatic heterocycles. The van der Waals surface area contributed by atoms with E-state index in [0.29, 0.717) is 13.2 Å². The largest absolute Gasteiger partial charge is 1.00 e. The van der Waals surface area contributed by atoms with Crippen LogP contribution in [0.4, 0.5) is 0 Å². The lowest BCUT2D eigenvalue weighted by Crippen LogP contribution is -3.00. The molecule has 1 aromatic rings. The SMILES string of the molecule is CCCCCCCCCCCCCC(=O)OC[n+]1cc[nH]c1C.[Cl-]. The quantitative estimate of drug-likeness (QED) is 0.313. The Morgan fingerprint density at radius 1 is 1.00 bits per heavy atom. The van der Waals surface area contributed by atoms with Gasteiger partial charge in [0, 0.05) is 13.3 Å². The lowest BCUT2D eigenvalue weighted by molar-refractivity contribution is -0.731. The summed E-state index contributed by atoms with van der Waals surface area (Å²) in [6, 6.07) is 0. The van der Waals surface area contributed by atoms with E-state index in [0.717, 1.165) is 18.7 Å². The average Bonchev–Trinajstić information content (AvgIpc) is 2.96. The number of carbonyl (C=O) groups excluding carboxylic acids is 1. The number of esters is 1. The Bertz CT molecular complexity index is 421. The third kappa shape index (κ3) is 11.5. The number of halogens is 1. The minimum atomic E-state index is -0.0889. The summed E-state index contributed by atoms with van der Waals surface area (Å²) in [4.78, 5) is 14.7. The number of carbonyl (C=O) groups is 1. The van der Waals surface area contributed by atoms with Crippen LogP contribution >= 0.6 is 0 Å². The number of nitrogens with zero attached hydrogens (tertiary/aromatic N) is 1. The highest BCUT2D eigenvalue weighted by atomic mass is 35.5. The number of hydrogen-bond donors (Lipinski definition) is 1. The summed E-state index contributed by atoms with van der Waals surface area (Å²) in [5, 5.41) is 0. The molecule has 140 valence electrons. The van der Waals surface area contributed by atoms with Crippen molar-refractivity contribution in [1.82, 2.24) is 4.98 Å². The van der Waals surface area contributed by atoms with E-state index in [2.05, 4.69) is 11.9 Å². The monoisotopic (exact) mass is 358 g/mol. The van der Waals surface area contributed by atoms with Gasteiger partial charge in [-0.2, -0.15) is 4.57 Å². The Morgan fingerprint density at radius 2 is 1.54 bits per heavy atom. The second-order valence-corrected chi connectivity index (χ2v) is 6.45. The standard InChI is InChI=1S/C19H34N2O2.ClH/c1-3-4-5-6-7-8-9-10-11-12-13-14-19(22)23-17-21-16-15-20-18(21)2;/h15-16H,3-14,17H2,1-2H3;1H. The fourth-order valence-electron chi connectivity index (χ4n) is 2.73. The minimum absolute atomic E-state index is 0. The van der Waals surface area contributed by atoms with Crippen LogP contribution in [0.3, 0.4) is 0 Å². The van der Waals surface area contributed by atoms with Crippen molar-refractivity contribution in [3.05, 3.63) is 18.2 Å². The summed E-state index contributed by atoms with van der Waals surface area (Å²) in [5.41, 5.74) is 0. The molecule has 0 aromatic carbocycles. The van der Waals surface area contributed by atoms with E-state index in [1.165, 1.54) is 57.8 Å². The molecule has 0 unspecified atom stereocenters. The summed E-state index contributed by atoms with van der Waals surface area (Å²) in [6.07, 6.45) is 18.5. The Morgan fingerprint density at radius 3 is 2.04 bits per heavy atom. The van der Waals surface area contributed by atoms with Crippen LogP contribution < -0.4 is 17.0 Å². The van der Waals surface area contributed by atoms with Crippen LogP contribution in [-0.4, -0.2) is 11.0 Å². The first kappa shape index (κ1) is 23.0. The van der Waals surface area contributed by atoms with Gasteiger partial charge in [0.25, 0.3) is 5.82 Å². The fraction of sp³-hybridized carbons (Fsp3) is 0.789. The maximum atomic E-state index is 11.7. The predicted octanol–water partition coefficient (Wildman–Crippen LogP) is 1.82. The number of imidazole rings is 1. The van der Waals surface area contributed by atoms with Crippen molar-refractivity contribution in [3.63, 3.8) is 0 Å². The fourth-order valence-corrected chi connectivity index (χ4v) is 2.73. The van der Waals surface area contributed by atoms with Crippen molar-refractivity contribution in [1.29, 1.82) is 0 Å². The highest BCUT2D eigenvalue weighted by molar-refractivity contribution is 5.68. The van der Waals surface area contributed by atoms with Crippen LogP contribution in [0.5, 0.6) is 0 Å². The van der Waals surface area contributed by atoms with Crippen molar-refractivity contribution >= 4 is 5.97 Å². The van der Waals surface area contributed by atoms with Crippen molar-refractivity contribution in [2.45, 2.75) is 97.6 Å². The second kappa shape index (κ2) is 15.5. The lowest BCUT2D eigenvalue weighted by Gasteiger charge is -2.04. The van der Waals surface area contributed by atoms with Gasteiger partial charge in [-0.1, -0.05) is 71.1 Å². The molecule has 1 rings (SSSR count). The van der Waals surface area contributed by atoms with E-state index >= 15 is 0 Å². The minimum Gasteiger partial charge on any atom is -1.00 e. The first-order valence-electron chi connectivity index (χ1n) is 9.43. The van der Waals surface area contributed by atoms with Crippen LogP contribution in [0.1, 0.15) is 89.8 Å². The topological polar surface area (TPSA) is 46.0 Å². The normalized spacial score (nSPS) is 10.4. The third-order valence-corrected chi connectivity index (χ3v) is 4.33. The van der Waals surface area contributed by atoms with Gasteiger partial charge in [0.15, 0.2) is 0 Å². The van der Waals surface area contributed by atoms with Crippen LogP contribution in [-0.2, 0) is 16.3 Å². The molecule has 1 heterocycles. The summed E-state index contributed by atoms with van der Waals surface area (Å²) in [5.74, 6) is 0.904. The third-order valence-electron chi connectivity index (χ3n) is 4.33. The summed E-state index contributed by atoms with van der Waals surface area (Å²) in [6.45, 7) is 4.53. The molecule has 0 aliphatic rings. The highest BCUT2D eigenvalue weighted by Gasteiger charge is 2.08. The van der Waals surface area contributed by atoms with Crippen LogP contribution in [0.15, 0.2) is 12.4 Å². The average molecular weight is 359 g/mol. The molecule has 0 amide bonds. The van der Waals surface area contributed by atoms with Crippen molar-refractivity contribution in [2.75, 3.05) is 0 Å². The molecule has 0 spiro atoms. The van der Waals surface area contributed by atoms with Gasteiger partial charge in [0.1, 0.15) is 12.4 Å². The number of aryl methyl sites for hydroxylation is 1. The molecule has 0 bridgehead atoms. The predicted molar refractivity (Wildman–Crippen MR) is 92.9 cm³/mol. The van der Waals surface area contributed by atoms with Crippen LogP contribution in [0.2, 0.25) is 0 Å². The van der Waals surface area contributed by atoms with E-state index in [4.69, 9.17) is 4.74 Å². The Kier molecular flexibility index (Phi) is 14.8. The molecule has 5 heteroatoms. The van der Waals surface area contributed by atoms with E-state index in [9.17, 15) is 4.79 Å². The zero-order valence-corrected chi connectivity index (χ0v) is 16.2. The number of hydrogen-bond acceptors (Lipinski definition) is 2. The van der Waals surface area contributed by atoms with Crippen LogP contribution in [0, 0.1) is 6.92 Å². The molecule has 0 saturated heterocycles. The number of aromatic amines is 1. The zero-order valence-electron chi connectivity index (χ0n) is 15.5. The number of nitrogens with one attached hydrogen (secondary N) is 1. The van der Waals surface area contributed by atoms with Gasteiger partial charge >= 0.3 is 5.97 Å². The van der Waals surface area contributed by atoms with Gasteiger partial charge in [0.2, 0.25) is 6.73 Å². The lowest BCUT2D eigenvalue weighted by atomic mass is 10.1. The van der Waals surface area contributed by atoms with E-state index in [-0.39, 0.29) is 18.4 Å². The van der Waals surface area contributed by atoms with Crippen molar-refractivity contribution in [2.24, 2.45) is 0 Å². The molecule has 0 radical (unpaired) electrons. The van der Waals surface area contributed by atoms with Crippen molar-refractivity contribution < 1.29 is 26.5 Å². The molecule has 0 fully saturated rings. The van der Waals surface area contributed by atoms with Gasteiger partial charge < -0.3 is 17.1 Å². The Balaban J connectivity index is 0.00000529. The van der Waals surface area contributed by atoms with Gasteiger partial charge in [-0.25, -0.2) is 4.98 Å². The maximum Gasteiger partial charge on any atom is 0.308 e. The molecule has 4 nitrogen and oxygen atoms in total. The number of unbranched alkanes of at least 4 members (excludes halogenated alkanes) is 10. The van der Waals surface area contributed by atoms with E-state index < -0.39 is 0 Å². The molecule has 1 N–H and O–H groups in total. The zero-order chi connectivity index (χ0) is 16.8. The molecule has 24 heavy (non-hydrogen) atoms. The van der Waals surface area contributed by atoms with Gasteiger partial charge in [0.05, 0.1) is 0 Å². The molecule has 0 aliphatic carbocycles. The van der Waals surface area contributed by atoms with Crippen LogP contribution in [0.25, 0.3) is 0 Å². The van der Waals surface area contributed by atoms with Crippen molar-refractivity contribution in [3.8, 4) is 0 Å². The molecule has 1 aromatic heterocycles. The van der Waals surface area contributed by atoms with E-state index in [1.807, 2.05) is 23.9 Å². The summed E-state index contributed by atoms with van der Waals surface area (Å²) in [7, 11) is 0. The van der Waals surface area contributed by atoms with E-state index in [1.54, 1.807) is 0 Å². The van der Waals surface area contributed by atoms with Gasteiger partial charge in [-0.05, 0) is 6.42 Å². The molecule has 0 saturated carbocycles. The highest BCUT2D eigenvalue weighted by Crippen LogP contribution is 2.12. The molecular formula is C19H35ClN2O2. The van der Waals surface area contributed by atoms with Gasteiger partial charge in [-0.15, -0.1) is 0 Å². The first-order chi connectivity index (χ1) is 11.2. The second-order valence-electron chi connectivity index (χ2n) is 6.45.